The molecule has 0 fully saturated rings. The SMILES string of the molecule is CCCCNS(=O)(=O)c1ccc(/C(C)=N\NC(=O)CSc2ccc(Cl)cc2)cc1. The average molecular weight is 454 g/mol. The van der Waals surface area contributed by atoms with Gasteiger partial charge in [0, 0.05) is 16.5 Å². The van der Waals surface area contributed by atoms with E-state index >= 15 is 0 Å². The molecule has 0 aliphatic carbocycles. The van der Waals surface area contributed by atoms with E-state index in [2.05, 4.69) is 15.2 Å². The highest BCUT2D eigenvalue weighted by molar-refractivity contribution is 8.00. The van der Waals surface area contributed by atoms with Crippen LogP contribution in [0.3, 0.4) is 0 Å². The fraction of sp³-hybridized carbons (Fsp3) is 0.300. The number of thioether (sulfide) groups is 1. The van der Waals surface area contributed by atoms with Gasteiger partial charge in [-0.2, -0.15) is 5.10 Å². The van der Waals surface area contributed by atoms with Crippen molar-refractivity contribution >= 4 is 45.0 Å². The highest BCUT2D eigenvalue weighted by Crippen LogP contribution is 2.20. The van der Waals surface area contributed by atoms with Crippen molar-refractivity contribution in [3.63, 3.8) is 0 Å². The molecule has 9 heteroatoms. The Kier molecular flexibility index (Phi) is 9.16. The summed E-state index contributed by atoms with van der Waals surface area (Å²) in [6.45, 7) is 4.16. The number of halogens is 1. The van der Waals surface area contributed by atoms with Crippen LogP contribution in [0.25, 0.3) is 0 Å². The predicted molar refractivity (Wildman–Crippen MR) is 119 cm³/mol. The van der Waals surface area contributed by atoms with Crippen LogP contribution in [0.2, 0.25) is 5.02 Å². The maximum absolute atomic E-state index is 12.2. The highest BCUT2D eigenvalue weighted by Gasteiger charge is 2.13. The van der Waals surface area contributed by atoms with Gasteiger partial charge in [0.1, 0.15) is 0 Å². The first-order valence-electron chi connectivity index (χ1n) is 9.13. The first-order chi connectivity index (χ1) is 13.8. The van der Waals surface area contributed by atoms with E-state index in [-0.39, 0.29) is 16.6 Å². The number of carbonyl (C=O) groups excluding carboxylic acids is 1. The first kappa shape index (κ1) is 23.4. The van der Waals surface area contributed by atoms with Gasteiger partial charge >= 0.3 is 0 Å². The molecule has 2 rings (SSSR count). The summed E-state index contributed by atoms with van der Waals surface area (Å²) in [5.41, 5.74) is 3.82. The summed E-state index contributed by atoms with van der Waals surface area (Å²) in [6.07, 6.45) is 1.71. The molecule has 0 atom stereocenters. The second kappa shape index (κ2) is 11.3. The van der Waals surface area contributed by atoms with E-state index in [9.17, 15) is 13.2 Å². The molecule has 0 saturated heterocycles. The summed E-state index contributed by atoms with van der Waals surface area (Å²) in [5.74, 6) is -0.0115. The normalized spacial score (nSPS) is 12.0. The van der Waals surface area contributed by atoms with Crippen molar-refractivity contribution in [3.8, 4) is 0 Å². The van der Waals surface area contributed by atoms with Gasteiger partial charge in [0.25, 0.3) is 0 Å². The summed E-state index contributed by atoms with van der Waals surface area (Å²) in [5, 5.41) is 4.74. The van der Waals surface area contributed by atoms with E-state index in [4.69, 9.17) is 11.6 Å². The number of hydrogen-bond acceptors (Lipinski definition) is 5. The van der Waals surface area contributed by atoms with Crippen LogP contribution in [-0.2, 0) is 14.8 Å². The van der Waals surface area contributed by atoms with Crippen molar-refractivity contribution in [3.05, 3.63) is 59.1 Å². The standard InChI is InChI=1S/C20H24ClN3O3S2/c1-3-4-13-22-29(26,27)19-11-5-16(6-12-19)15(2)23-24-20(25)14-28-18-9-7-17(21)8-10-18/h5-12,22H,3-4,13-14H2,1-2H3,(H,24,25)/b23-15-. The van der Waals surface area contributed by atoms with Crippen LogP contribution in [-0.4, -0.2) is 32.3 Å². The van der Waals surface area contributed by atoms with Gasteiger partial charge in [-0.1, -0.05) is 37.1 Å². The van der Waals surface area contributed by atoms with Gasteiger partial charge in [0.05, 0.1) is 16.4 Å². The maximum Gasteiger partial charge on any atom is 0.250 e. The van der Waals surface area contributed by atoms with Gasteiger partial charge in [-0.15, -0.1) is 11.8 Å². The predicted octanol–water partition coefficient (Wildman–Crippen LogP) is 4.05. The number of unbranched alkanes of at least 4 members (excludes halogenated alkanes) is 1. The lowest BCUT2D eigenvalue weighted by Gasteiger charge is -2.07. The average Bonchev–Trinajstić information content (AvgIpc) is 2.71. The molecule has 0 unspecified atom stereocenters. The van der Waals surface area contributed by atoms with Crippen molar-refractivity contribution < 1.29 is 13.2 Å². The highest BCUT2D eigenvalue weighted by atomic mass is 35.5. The number of rotatable bonds is 10. The Labute approximate surface area is 181 Å². The zero-order chi connectivity index (χ0) is 21.3. The Hall–Kier alpha value is -1.87. The Morgan fingerprint density at radius 3 is 2.38 bits per heavy atom. The van der Waals surface area contributed by atoms with Gasteiger partial charge in [-0.05, 0) is 55.3 Å². The van der Waals surface area contributed by atoms with Crippen LogP contribution < -0.4 is 10.1 Å². The second-order valence-electron chi connectivity index (χ2n) is 6.25. The molecule has 2 aromatic carbocycles. The minimum absolute atomic E-state index is 0.202. The zero-order valence-corrected chi connectivity index (χ0v) is 18.7. The molecule has 0 aliphatic rings. The molecule has 6 nitrogen and oxygen atoms in total. The van der Waals surface area contributed by atoms with Crippen molar-refractivity contribution in [1.29, 1.82) is 0 Å². The molecule has 0 spiro atoms. The topological polar surface area (TPSA) is 87.6 Å². The first-order valence-corrected chi connectivity index (χ1v) is 12.0. The molecule has 0 radical (unpaired) electrons. The van der Waals surface area contributed by atoms with Crippen molar-refractivity contribution in [1.82, 2.24) is 10.1 Å². The Morgan fingerprint density at radius 1 is 1.10 bits per heavy atom. The number of benzene rings is 2. The number of hydrogen-bond donors (Lipinski definition) is 2. The van der Waals surface area contributed by atoms with E-state index in [1.165, 1.54) is 23.9 Å². The lowest BCUT2D eigenvalue weighted by molar-refractivity contribution is -0.118. The second-order valence-corrected chi connectivity index (χ2v) is 9.50. The maximum atomic E-state index is 12.2. The number of nitrogens with one attached hydrogen (secondary N) is 2. The third kappa shape index (κ3) is 7.81. The summed E-state index contributed by atoms with van der Waals surface area (Å²) in [7, 11) is -3.51. The van der Waals surface area contributed by atoms with E-state index < -0.39 is 10.0 Å². The molecular formula is C20H24ClN3O3S2. The van der Waals surface area contributed by atoms with E-state index in [1.807, 2.05) is 19.1 Å². The van der Waals surface area contributed by atoms with Gasteiger partial charge in [0.15, 0.2) is 0 Å². The Morgan fingerprint density at radius 2 is 1.76 bits per heavy atom. The van der Waals surface area contributed by atoms with Crippen LogP contribution in [0.15, 0.2) is 63.4 Å². The number of nitrogens with zero attached hydrogens (tertiary/aromatic N) is 1. The van der Waals surface area contributed by atoms with Crippen LogP contribution in [0.4, 0.5) is 0 Å². The summed E-state index contributed by atoms with van der Waals surface area (Å²) in [4.78, 5) is 13.1. The molecule has 29 heavy (non-hydrogen) atoms. The lowest BCUT2D eigenvalue weighted by Crippen LogP contribution is -2.24. The lowest BCUT2D eigenvalue weighted by atomic mass is 10.1. The van der Waals surface area contributed by atoms with Crippen molar-refractivity contribution in [2.75, 3.05) is 12.3 Å². The molecule has 156 valence electrons. The number of amides is 1. The molecule has 0 saturated carbocycles. The number of carbonyl (C=O) groups is 1. The summed E-state index contributed by atoms with van der Waals surface area (Å²) >= 11 is 7.22. The van der Waals surface area contributed by atoms with Gasteiger partial charge < -0.3 is 0 Å². The Bertz CT molecular complexity index is 944. The summed E-state index contributed by atoms with van der Waals surface area (Å²) in [6, 6.07) is 13.6. The minimum atomic E-state index is -3.51. The van der Waals surface area contributed by atoms with Crippen LogP contribution >= 0.6 is 23.4 Å². The minimum Gasteiger partial charge on any atom is -0.272 e. The van der Waals surface area contributed by atoms with Crippen molar-refractivity contribution in [2.45, 2.75) is 36.5 Å². The molecule has 0 bridgehead atoms. The van der Waals surface area contributed by atoms with Gasteiger partial charge in [0.2, 0.25) is 15.9 Å². The smallest absolute Gasteiger partial charge is 0.250 e. The monoisotopic (exact) mass is 453 g/mol. The fourth-order valence-electron chi connectivity index (χ4n) is 2.26. The Balaban J connectivity index is 1.90. The van der Waals surface area contributed by atoms with Gasteiger partial charge in [-0.3, -0.25) is 4.79 Å². The molecule has 2 N–H and O–H groups in total. The molecular weight excluding hydrogens is 430 g/mol. The van der Waals surface area contributed by atoms with E-state index in [0.29, 0.717) is 17.3 Å². The largest absolute Gasteiger partial charge is 0.272 e. The number of hydrazone groups is 1. The molecule has 0 aromatic heterocycles. The third-order valence-corrected chi connectivity index (χ3v) is 6.68. The van der Waals surface area contributed by atoms with Gasteiger partial charge in [-0.25, -0.2) is 18.6 Å². The quantitative estimate of drug-likeness (QED) is 0.246. The molecule has 2 aromatic rings. The molecule has 0 heterocycles. The third-order valence-electron chi connectivity index (χ3n) is 3.94. The molecule has 1 amide bonds. The molecule has 0 aliphatic heterocycles. The summed E-state index contributed by atoms with van der Waals surface area (Å²) < 4.78 is 27.0. The zero-order valence-electron chi connectivity index (χ0n) is 16.3. The van der Waals surface area contributed by atoms with Crippen LogP contribution in [0.1, 0.15) is 32.3 Å². The van der Waals surface area contributed by atoms with E-state index in [0.717, 1.165) is 23.3 Å². The van der Waals surface area contributed by atoms with E-state index in [1.54, 1.807) is 31.2 Å². The van der Waals surface area contributed by atoms with Crippen LogP contribution in [0.5, 0.6) is 0 Å². The fourth-order valence-corrected chi connectivity index (χ4v) is 4.16. The van der Waals surface area contributed by atoms with Crippen molar-refractivity contribution in [2.24, 2.45) is 5.10 Å². The number of sulfonamides is 1. The van der Waals surface area contributed by atoms with Crippen LogP contribution in [0, 0.1) is 0 Å².